The lowest BCUT2D eigenvalue weighted by molar-refractivity contribution is 0.358. The summed E-state index contributed by atoms with van der Waals surface area (Å²) in [7, 11) is -1.63. The van der Waals surface area contributed by atoms with Crippen LogP contribution in [0.4, 0.5) is 0 Å². The summed E-state index contributed by atoms with van der Waals surface area (Å²) in [5, 5.41) is 10.0. The Hall–Kier alpha value is -0.960. The molecule has 1 aromatic rings. The summed E-state index contributed by atoms with van der Waals surface area (Å²) in [5.41, 5.74) is 1.47. The van der Waals surface area contributed by atoms with Gasteiger partial charge in [0, 0.05) is 36.9 Å². The zero-order valence-corrected chi connectivity index (χ0v) is 14.3. The van der Waals surface area contributed by atoms with Crippen LogP contribution in [-0.2, 0) is 16.6 Å². The van der Waals surface area contributed by atoms with Gasteiger partial charge in [0.05, 0.1) is 0 Å². The van der Waals surface area contributed by atoms with E-state index in [2.05, 4.69) is 20.2 Å². The van der Waals surface area contributed by atoms with Crippen LogP contribution in [0.25, 0.3) is 0 Å². The number of hydrogen-bond acceptors (Lipinski definition) is 5. The first kappa shape index (κ1) is 18.1. The summed E-state index contributed by atoms with van der Waals surface area (Å²) in [6.07, 6.45) is 0. The molecule has 0 fully saturated rings. The molecule has 0 aliphatic rings. The fraction of sp³-hybridized carbons (Fsp3) is 0.769. The number of nitrogens with zero attached hydrogens (tertiary/aromatic N) is 2. The second-order valence-electron chi connectivity index (χ2n) is 5.46. The minimum atomic E-state index is -3.58. The van der Waals surface area contributed by atoms with Crippen LogP contribution in [0.2, 0.25) is 0 Å². The van der Waals surface area contributed by atoms with Gasteiger partial charge in [-0.15, -0.1) is 0 Å². The fourth-order valence-corrected chi connectivity index (χ4v) is 2.98. The van der Waals surface area contributed by atoms with Crippen LogP contribution in [0.3, 0.4) is 0 Å². The summed E-state index contributed by atoms with van der Waals surface area (Å²) in [4.78, 5) is 2.04. The molecule has 0 aromatic carbocycles. The first-order valence-corrected chi connectivity index (χ1v) is 8.71. The van der Waals surface area contributed by atoms with E-state index >= 15 is 0 Å². The van der Waals surface area contributed by atoms with Crippen molar-refractivity contribution in [1.82, 2.24) is 25.1 Å². The third kappa shape index (κ3) is 5.39. The molecule has 1 heterocycles. The van der Waals surface area contributed by atoms with E-state index in [0.29, 0.717) is 25.2 Å². The van der Waals surface area contributed by atoms with Gasteiger partial charge in [0.15, 0.2) is 5.03 Å². The fourth-order valence-electron chi connectivity index (χ4n) is 1.76. The van der Waals surface area contributed by atoms with Gasteiger partial charge in [-0.25, -0.2) is 13.1 Å². The molecular weight excluding hydrogens is 290 g/mol. The maximum atomic E-state index is 12.3. The zero-order chi connectivity index (χ0) is 16.0. The molecule has 21 heavy (non-hydrogen) atoms. The third-order valence-electron chi connectivity index (χ3n) is 3.30. The Morgan fingerprint density at radius 3 is 2.62 bits per heavy atom. The van der Waals surface area contributed by atoms with E-state index in [9.17, 15) is 8.42 Å². The highest BCUT2D eigenvalue weighted by molar-refractivity contribution is 7.89. The number of aryl methyl sites for hydroxylation is 1. The molecule has 1 aromatic heterocycles. The predicted octanol–water partition coefficient (Wildman–Crippen LogP) is 0.446. The summed E-state index contributed by atoms with van der Waals surface area (Å²) in [6, 6.07) is 0.279. The molecule has 0 amide bonds. The number of rotatable bonds is 9. The zero-order valence-electron chi connectivity index (χ0n) is 13.5. The van der Waals surface area contributed by atoms with E-state index in [1.54, 1.807) is 0 Å². The molecule has 1 rings (SSSR count). The van der Waals surface area contributed by atoms with Crippen molar-refractivity contribution in [2.75, 3.05) is 26.7 Å². The number of H-pyrrole nitrogens is 1. The lowest BCUT2D eigenvalue weighted by Gasteiger charge is -2.14. The average Bonchev–Trinajstić information content (AvgIpc) is 2.77. The number of aromatic nitrogens is 2. The Morgan fingerprint density at radius 2 is 2.05 bits per heavy atom. The molecule has 0 radical (unpaired) electrons. The monoisotopic (exact) mass is 317 g/mol. The van der Waals surface area contributed by atoms with Gasteiger partial charge in [-0.3, -0.25) is 5.10 Å². The van der Waals surface area contributed by atoms with Gasteiger partial charge in [0.1, 0.15) is 0 Å². The molecule has 0 atom stereocenters. The Bertz CT molecular complexity index is 539. The molecule has 3 N–H and O–H groups in total. The molecule has 0 saturated heterocycles. The number of likely N-dealkylation sites (N-methyl/N-ethyl adjacent to an activating group) is 1. The van der Waals surface area contributed by atoms with Gasteiger partial charge in [-0.05, 0) is 20.5 Å². The van der Waals surface area contributed by atoms with Crippen LogP contribution in [0.1, 0.15) is 32.0 Å². The van der Waals surface area contributed by atoms with Crippen molar-refractivity contribution in [3.63, 3.8) is 0 Å². The topological polar surface area (TPSA) is 90.1 Å². The minimum absolute atomic E-state index is 0.0901. The Balaban J connectivity index is 2.78. The second-order valence-corrected chi connectivity index (χ2v) is 7.14. The average molecular weight is 317 g/mol. The van der Waals surface area contributed by atoms with Crippen molar-refractivity contribution in [3.05, 3.63) is 11.3 Å². The van der Waals surface area contributed by atoms with Crippen LogP contribution in [0.5, 0.6) is 0 Å². The van der Waals surface area contributed by atoms with E-state index < -0.39 is 10.0 Å². The SMILES string of the molecule is CCN(C)CCNS(=O)(=O)c1n[nH]c(C)c1CNC(C)C. The lowest BCUT2D eigenvalue weighted by atomic mass is 10.2. The molecule has 0 unspecified atom stereocenters. The van der Waals surface area contributed by atoms with E-state index in [0.717, 1.165) is 12.2 Å². The van der Waals surface area contributed by atoms with Crippen molar-refractivity contribution < 1.29 is 8.42 Å². The number of sulfonamides is 1. The van der Waals surface area contributed by atoms with Gasteiger partial charge in [0.25, 0.3) is 10.0 Å². The van der Waals surface area contributed by atoms with Gasteiger partial charge < -0.3 is 10.2 Å². The van der Waals surface area contributed by atoms with Crippen LogP contribution in [-0.4, -0.2) is 56.2 Å². The molecule has 0 spiro atoms. The van der Waals surface area contributed by atoms with Crippen molar-refractivity contribution in [3.8, 4) is 0 Å². The quantitative estimate of drug-likeness (QED) is 0.615. The van der Waals surface area contributed by atoms with Crippen molar-refractivity contribution in [2.45, 2.75) is 45.3 Å². The lowest BCUT2D eigenvalue weighted by Crippen LogP contribution is -2.34. The highest BCUT2D eigenvalue weighted by Gasteiger charge is 2.23. The van der Waals surface area contributed by atoms with Crippen molar-refractivity contribution in [2.24, 2.45) is 0 Å². The molecular formula is C13H27N5O2S. The smallest absolute Gasteiger partial charge is 0.260 e. The van der Waals surface area contributed by atoms with E-state index in [1.807, 2.05) is 39.6 Å². The largest absolute Gasteiger partial charge is 0.310 e. The highest BCUT2D eigenvalue weighted by Crippen LogP contribution is 2.16. The Kier molecular flexibility index (Phi) is 6.79. The minimum Gasteiger partial charge on any atom is -0.310 e. The molecule has 0 aliphatic heterocycles. The molecule has 7 nitrogen and oxygen atoms in total. The Morgan fingerprint density at radius 1 is 1.38 bits per heavy atom. The first-order chi connectivity index (χ1) is 9.77. The first-order valence-electron chi connectivity index (χ1n) is 7.23. The normalized spacial score (nSPS) is 12.5. The van der Waals surface area contributed by atoms with E-state index in [1.165, 1.54) is 0 Å². The Labute approximate surface area is 127 Å². The maximum absolute atomic E-state index is 12.3. The molecule has 0 aliphatic carbocycles. The van der Waals surface area contributed by atoms with E-state index in [-0.39, 0.29) is 11.1 Å². The molecule has 0 saturated carbocycles. The van der Waals surface area contributed by atoms with Gasteiger partial charge in [-0.1, -0.05) is 20.8 Å². The van der Waals surface area contributed by atoms with Gasteiger partial charge in [-0.2, -0.15) is 5.10 Å². The third-order valence-corrected chi connectivity index (χ3v) is 4.73. The van der Waals surface area contributed by atoms with Crippen molar-refractivity contribution in [1.29, 1.82) is 0 Å². The number of hydrogen-bond donors (Lipinski definition) is 3. The predicted molar refractivity (Wildman–Crippen MR) is 83.7 cm³/mol. The van der Waals surface area contributed by atoms with Gasteiger partial charge >= 0.3 is 0 Å². The van der Waals surface area contributed by atoms with E-state index in [4.69, 9.17) is 0 Å². The summed E-state index contributed by atoms with van der Waals surface area (Å²) >= 11 is 0. The summed E-state index contributed by atoms with van der Waals surface area (Å²) < 4.78 is 27.3. The number of aromatic amines is 1. The molecule has 122 valence electrons. The van der Waals surface area contributed by atoms with Crippen LogP contribution < -0.4 is 10.0 Å². The molecule has 8 heteroatoms. The van der Waals surface area contributed by atoms with Crippen LogP contribution in [0, 0.1) is 6.92 Å². The maximum Gasteiger partial charge on any atom is 0.260 e. The van der Waals surface area contributed by atoms with Crippen LogP contribution in [0.15, 0.2) is 5.03 Å². The summed E-state index contributed by atoms with van der Waals surface area (Å²) in [5.74, 6) is 0. The number of nitrogens with one attached hydrogen (secondary N) is 3. The summed E-state index contributed by atoms with van der Waals surface area (Å²) in [6.45, 7) is 10.3. The van der Waals surface area contributed by atoms with Crippen molar-refractivity contribution >= 4 is 10.0 Å². The molecule has 0 bridgehead atoms. The highest BCUT2D eigenvalue weighted by atomic mass is 32.2. The second kappa shape index (κ2) is 7.88. The standard InChI is InChI=1S/C13H27N5O2S/c1-6-18(5)8-7-15-21(19,20)13-12(9-14-10(2)3)11(4)16-17-13/h10,14-15H,6-9H2,1-5H3,(H,16,17). The van der Waals surface area contributed by atoms with Gasteiger partial charge in [0.2, 0.25) is 0 Å². The van der Waals surface area contributed by atoms with Crippen LogP contribution >= 0.6 is 0 Å².